The fourth-order valence-corrected chi connectivity index (χ4v) is 3.42. The van der Waals surface area contributed by atoms with Crippen molar-refractivity contribution in [2.45, 2.75) is 6.92 Å². The summed E-state index contributed by atoms with van der Waals surface area (Å²) in [5.41, 5.74) is 2.75. The van der Waals surface area contributed by atoms with Crippen molar-refractivity contribution < 1.29 is 4.79 Å². The third-order valence-corrected chi connectivity index (χ3v) is 5.07. The van der Waals surface area contributed by atoms with Crippen molar-refractivity contribution in [1.82, 2.24) is 4.90 Å². The van der Waals surface area contributed by atoms with Crippen LogP contribution in [0.2, 0.25) is 0 Å². The van der Waals surface area contributed by atoms with Gasteiger partial charge in [-0.25, -0.2) is 0 Å². The van der Waals surface area contributed by atoms with Gasteiger partial charge in [0.2, 0.25) is 0 Å². The number of anilines is 2. The van der Waals surface area contributed by atoms with E-state index in [4.69, 9.17) is 0 Å². The third-order valence-electron chi connectivity index (χ3n) is 4.25. The van der Waals surface area contributed by atoms with Crippen LogP contribution in [0.5, 0.6) is 0 Å². The number of hydrogen-bond acceptors (Lipinski definition) is 4. The average Bonchev–Trinajstić information content (AvgIpc) is 3.09. The number of carbonyl (C=O) groups is 1. The normalized spacial score (nSPS) is 16.2. The summed E-state index contributed by atoms with van der Waals surface area (Å²) in [6.07, 6.45) is 1.92. The van der Waals surface area contributed by atoms with E-state index in [1.165, 1.54) is 5.69 Å². The van der Waals surface area contributed by atoms with Crippen LogP contribution in [0.3, 0.4) is 0 Å². The predicted molar refractivity (Wildman–Crippen MR) is 103 cm³/mol. The van der Waals surface area contributed by atoms with Gasteiger partial charge in [-0.15, -0.1) is 11.3 Å². The Morgan fingerprint density at radius 3 is 2.46 bits per heavy atom. The van der Waals surface area contributed by atoms with Crippen LogP contribution in [-0.2, 0) is 4.79 Å². The molecule has 0 bridgehead atoms. The molecule has 2 heterocycles. The van der Waals surface area contributed by atoms with Crippen molar-refractivity contribution in [3.8, 4) is 0 Å². The summed E-state index contributed by atoms with van der Waals surface area (Å²) in [5.74, 6) is -0.0595. The molecule has 126 valence electrons. The van der Waals surface area contributed by atoms with E-state index in [0.717, 1.165) is 36.7 Å². The van der Waals surface area contributed by atoms with Crippen LogP contribution in [0.25, 0.3) is 6.08 Å². The van der Waals surface area contributed by atoms with Gasteiger partial charge in [-0.05, 0) is 55.8 Å². The molecule has 24 heavy (non-hydrogen) atoms. The minimum atomic E-state index is -0.0595. The van der Waals surface area contributed by atoms with E-state index in [1.54, 1.807) is 11.3 Å². The fourth-order valence-electron chi connectivity index (χ4n) is 2.70. The maximum atomic E-state index is 12.3. The summed E-state index contributed by atoms with van der Waals surface area (Å²) in [4.78, 5) is 18.1. The molecule has 1 aromatic carbocycles. The van der Waals surface area contributed by atoms with Crippen LogP contribution < -0.4 is 10.2 Å². The number of nitrogens with one attached hydrogen (secondary N) is 1. The molecule has 0 aliphatic carbocycles. The first-order valence-electron chi connectivity index (χ1n) is 8.18. The van der Waals surface area contributed by atoms with Gasteiger partial charge < -0.3 is 15.1 Å². The Balaban J connectivity index is 1.60. The minimum absolute atomic E-state index is 0.0595. The average molecular weight is 341 g/mol. The summed E-state index contributed by atoms with van der Waals surface area (Å²) >= 11 is 1.63. The van der Waals surface area contributed by atoms with Gasteiger partial charge in [0.25, 0.3) is 5.91 Å². The van der Waals surface area contributed by atoms with Crippen LogP contribution >= 0.6 is 11.3 Å². The lowest BCUT2D eigenvalue weighted by Crippen LogP contribution is -2.44. The first-order chi connectivity index (χ1) is 11.6. The Bertz CT molecular complexity index is 699. The second kappa shape index (κ2) is 7.64. The van der Waals surface area contributed by atoms with Gasteiger partial charge in [0.15, 0.2) is 0 Å². The third kappa shape index (κ3) is 4.24. The molecule has 1 aromatic heterocycles. The first kappa shape index (κ1) is 16.7. The minimum Gasteiger partial charge on any atom is -0.369 e. The van der Waals surface area contributed by atoms with E-state index in [0.29, 0.717) is 5.57 Å². The van der Waals surface area contributed by atoms with E-state index >= 15 is 0 Å². The summed E-state index contributed by atoms with van der Waals surface area (Å²) in [6.45, 7) is 6.11. The summed E-state index contributed by atoms with van der Waals surface area (Å²) in [6, 6.07) is 12.1. The van der Waals surface area contributed by atoms with Crippen LogP contribution in [0.15, 0.2) is 47.4 Å². The number of piperazine rings is 1. The fraction of sp³-hybridized carbons (Fsp3) is 0.316. The molecule has 1 N–H and O–H groups in total. The van der Waals surface area contributed by atoms with E-state index in [1.807, 2.05) is 42.6 Å². The smallest absolute Gasteiger partial charge is 0.251 e. The Morgan fingerprint density at radius 1 is 1.12 bits per heavy atom. The van der Waals surface area contributed by atoms with Crippen molar-refractivity contribution in [3.05, 3.63) is 52.2 Å². The maximum Gasteiger partial charge on any atom is 0.251 e. The molecule has 0 saturated carbocycles. The van der Waals surface area contributed by atoms with Crippen LogP contribution in [0.1, 0.15) is 11.8 Å². The lowest BCUT2D eigenvalue weighted by Gasteiger charge is -2.34. The molecule has 1 saturated heterocycles. The monoisotopic (exact) mass is 341 g/mol. The van der Waals surface area contributed by atoms with Crippen molar-refractivity contribution in [1.29, 1.82) is 0 Å². The Kier molecular flexibility index (Phi) is 5.33. The maximum absolute atomic E-state index is 12.3. The number of thiophene rings is 1. The van der Waals surface area contributed by atoms with E-state index < -0.39 is 0 Å². The predicted octanol–water partition coefficient (Wildman–Crippen LogP) is 3.54. The number of likely N-dealkylation sites (N-methyl/N-ethyl adjacent to an activating group) is 1. The van der Waals surface area contributed by atoms with Crippen molar-refractivity contribution in [2.75, 3.05) is 43.4 Å². The van der Waals surface area contributed by atoms with Gasteiger partial charge in [0.05, 0.1) is 0 Å². The number of amides is 1. The molecule has 0 radical (unpaired) electrons. The molecule has 4 nitrogen and oxygen atoms in total. The molecule has 0 spiro atoms. The van der Waals surface area contributed by atoms with Gasteiger partial charge in [0, 0.05) is 48.0 Å². The number of hydrogen-bond donors (Lipinski definition) is 1. The zero-order valence-corrected chi connectivity index (χ0v) is 15.0. The molecule has 5 heteroatoms. The number of rotatable bonds is 4. The first-order valence-corrected chi connectivity index (χ1v) is 9.06. The van der Waals surface area contributed by atoms with Crippen molar-refractivity contribution in [2.24, 2.45) is 0 Å². The Labute approximate surface area is 147 Å². The Hall–Kier alpha value is -2.11. The van der Waals surface area contributed by atoms with Crippen LogP contribution in [-0.4, -0.2) is 44.0 Å². The van der Waals surface area contributed by atoms with Gasteiger partial charge in [-0.1, -0.05) is 6.07 Å². The molecule has 0 atom stereocenters. The van der Waals surface area contributed by atoms with Crippen LogP contribution in [0.4, 0.5) is 11.4 Å². The second-order valence-corrected chi connectivity index (χ2v) is 7.11. The summed E-state index contributed by atoms with van der Waals surface area (Å²) < 4.78 is 0. The Morgan fingerprint density at radius 2 is 1.83 bits per heavy atom. The standard InChI is InChI=1S/C19H23N3OS/c1-15(14-18-4-3-13-24-18)19(23)20-16-5-7-17(8-6-16)22-11-9-21(2)10-12-22/h3-8,13-14H,9-12H2,1-2H3,(H,20,23)/b15-14+. The molecule has 0 unspecified atom stereocenters. The van der Waals surface area contributed by atoms with Gasteiger partial charge >= 0.3 is 0 Å². The highest BCUT2D eigenvalue weighted by molar-refractivity contribution is 7.10. The zero-order valence-electron chi connectivity index (χ0n) is 14.2. The number of benzene rings is 1. The lowest BCUT2D eigenvalue weighted by atomic mass is 10.2. The van der Waals surface area contributed by atoms with Gasteiger partial charge in [-0.2, -0.15) is 0 Å². The second-order valence-electron chi connectivity index (χ2n) is 6.13. The van der Waals surface area contributed by atoms with E-state index in [-0.39, 0.29) is 5.91 Å². The quantitative estimate of drug-likeness (QED) is 0.864. The molecular formula is C19H23N3OS. The zero-order chi connectivity index (χ0) is 16.9. The summed E-state index contributed by atoms with van der Waals surface area (Å²) in [5, 5.41) is 4.97. The number of carbonyl (C=O) groups excluding carboxylic acids is 1. The molecular weight excluding hydrogens is 318 g/mol. The van der Waals surface area contributed by atoms with E-state index in [9.17, 15) is 4.79 Å². The SMILES string of the molecule is C/C(=C\c1cccs1)C(=O)Nc1ccc(N2CCN(C)CC2)cc1. The molecule has 1 aliphatic heterocycles. The van der Waals surface area contributed by atoms with Crippen LogP contribution in [0, 0.1) is 0 Å². The molecule has 1 aliphatic rings. The van der Waals surface area contributed by atoms with Crippen molar-refractivity contribution >= 4 is 34.7 Å². The topological polar surface area (TPSA) is 35.6 Å². The molecule has 1 fully saturated rings. The lowest BCUT2D eigenvalue weighted by molar-refractivity contribution is -0.112. The number of nitrogens with zero attached hydrogens (tertiary/aromatic N) is 2. The largest absolute Gasteiger partial charge is 0.369 e. The van der Waals surface area contributed by atoms with Gasteiger partial charge in [0.1, 0.15) is 0 Å². The summed E-state index contributed by atoms with van der Waals surface area (Å²) in [7, 11) is 2.15. The van der Waals surface area contributed by atoms with Gasteiger partial charge in [-0.3, -0.25) is 4.79 Å². The molecule has 2 aromatic rings. The van der Waals surface area contributed by atoms with E-state index in [2.05, 4.69) is 34.3 Å². The van der Waals surface area contributed by atoms with Crippen molar-refractivity contribution in [3.63, 3.8) is 0 Å². The molecule has 3 rings (SSSR count). The highest BCUT2D eigenvalue weighted by atomic mass is 32.1. The molecule has 1 amide bonds. The highest BCUT2D eigenvalue weighted by Gasteiger charge is 2.14. The highest BCUT2D eigenvalue weighted by Crippen LogP contribution is 2.20.